The highest BCUT2D eigenvalue weighted by molar-refractivity contribution is 7.99. The topological polar surface area (TPSA) is 67.7 Å². The molecule has 0 spiro atoms. The van der Waals surface area contributed by atoms with Gasteiger partial charge >= 0.3 is 18.0 Å². The van der Waals surface area contributed by atoms with Crippen LogP contribution in [-0.2, 0) is 17.5 Å². The third-order valence-corrected chi connectivity index (χ3v) is 8.18. The van der Waals surface area contributed by atoms with Crippen molar-refractivity contribution in [3.63, 3.8) is 0 Å². The quantitative estimate of drug-likeness (QED) is 0.317. The number of hydrogen-bond acceptors (Lipinski definition) is 6. The molecule has 0 aliphatic carbocycles. The van der Waals surface area contributed by atoms with E-state index in [0.29, 0.717) is 24.2 Å². The fourth-order valence-electron chi connectivity index (χ4n) is 4.97. The number of aryl methyl sites for hydroxylation is 1. The minimum absolute atomic E-state index is 0.105. The molecule has 5 rings (SSSR count). The second-order valence-corrected chi connectivity index (χ2v) is 12.2. The van der Waals surface area contributed by atoms with Crippen molar-refractivity contribution in [3.8, 4) is 11.1 Å². The average Bonchev–Trinajstić information content (AvgIpc) is 3.10. The molecule has 13 heteroatoms. The van der Waals surface area contributed by atoms with Crippen LogP contribution in [0.2, 0.25) is 5.02 Å². The van der Waals surface area contributed by atoms with Crippen LogP contribution in [0.4, 0.5) is 28.2 Å². The molecule has 0 saturated carbocycles. The van der Waals surface area contributed by atoms with Crippen LogP contribution in [0.25, 0.3) is 22.0 Å². The van der Waals surface area contributed by atoms with Gasteiger partial charge in [0.15, 0.2) is 0 Å². The number of rotatable bonds is 2. The maximum Gasteiger partial charge on any atom is 0.417 e. The normalized spacial score (nSPS) is 16.3. The number of hydrogen-bond donors (Lipinski definition) is 0. The van der Waals surface area contributed by atoms with Gasteiger partial charge in [-0.15, -0.1) is 11.8 Å². The van der Waals surface area contributed by atoms with Crippen LogP contribution in [0.1, 0.15) is 32.8 Å². The first-order valence-electron chi connectivity index (χ1n) is 12.7. The molecule has 1 saturated heterocycles. The highest BCUT2D eigenvalue weighted by Crippen LogP contribution is 2.48. The van der Waals surface area contributed by atoms with E-state index in [1.807, 2.05) is 0 Å². The predicted octanol–water partition coefficient (Wildman–Crippen LogP) is 6.43. The van der Waals surface area contributed by atoms with Crippen LogP contribution in [0.3, 0.4) is 0 Å². The molecular weight excluding hydrogens is 572 g/mol. The summed E-state index contributed by atoms with van der Waals surface area (Å²) in [5.41, 5.74) is -1.84. The summed E-state index contributed by atoms with van der Waals surface area (Å²) in [7, 11) is 0. The van der Waals surface area contributed by atoms with Crippen LogP contribution in [-0.4, -0.2) is 58.1 Å². The number of benzene rings is 2. The third kappa shape index (κ3) is 5.47. The molecule has 0 atom stereocenters. The van der Waals surface area contributed by atoms with Crippen molar-refractivity contribution in [2.45, 2.75) is 50.4 Å². The first-order chi connectivity index (χ1) is 18.7. The summed E-state index contributed by atoms with van der Waals surface area (Å²) in [4.78, 5) is 33.6. The minimum Gasteiger partial charge on any atom is -0.444 e. The standard InChI is InChI=1S/C27H27ClF4N4O3S/c1-26(2,3)39-25(38)35-10-8-34(9-11-35)23-16-14-17(27(30,31)32)20(15-5-6-19(29)18(28)13-15)22-21(16)36(24(37)33-23)7-4-12-40-22/h5-6,13-14H,4,7-12H2,1-3H3. The SMILES string of the molecule is CC(C)(C)OC(=O)N1CCN(c2nc(=O)n3c4c(c(-c5ccc(F)c(Cl)c5)c(C(F)(F)F)cc24)SCCC3)CC1. The van der Waals surface area contributed by atoms with E-state index in [1.165, 1.54) is 33.4 Å². The zero-order valence-electron chi connectivity index (χ0n) is 22.1. The van der Waals surface area contributed by atoms with Gasteiger partial charge in [-0.1, -0.05) is 17.7 Å². The van der Waals surface area contributed by atoms with Gasteiger partial charge in [-0.3, -0.25) is 4.57 Å². The summed E-state index contributed by atoms with van der Waals surface area (Å²) >= 11 is 7.20. The van der Waals surface area contributed by atoms with Gasteiger partial charge in [0.25, 0.3) is 0 Å². The first-order valence-corrected chi connectivity index (χ1v) is 14.1. The highest BCUT2D eigenvalue weighted by atomic mass is 35.5. The summed E-state index contributed by atoms with van der Waals surface area (Å²) < 4.78 is 64.7. The Morgan fingerprint density at radius 3 is 2.40 bits per heavy atom. The van der Waals surface area contributed by atoms with Gasteiger partial charge in [-0.2, -0.15) is 18.2 Å². The van der Waals surface area contributed by atoms with Crippen molar-refractivity contribution >= 4 is 46.2 Å². The fraction of sp³-hybridized carbons (Fsp3) is 0.444. The van der Waals surface area contributed by atoms with Crippen molar-refractivity contribution in [1.82, 2.24) is 14.5 Å². The zero-order chi connectivity index (χ0) is 29.0. The lowest BCUT2D eigenvalue weighted by atomic mass is 9.96. The molecular formula is C27H27ClF4N4O3S. The summed E-state index contributed by atoms with van der Waals surface area (Å²) in [5, 5.41) is -0.105. The summed E-state index contributed by atoms with van der Waals surface area (Å²) in [6.45, 7) is 6.60. The van der Waals surface area contributed by atoms with E-state index in [9.17, 15) is 27.2 Å². The number of piperazine rings is 1. The van der Waals surface area contributed by atoms with Gasteiger partial charge < -0.3 is 14.5 Å². The third-order valence-electron chi connectivity index (χ3n) is 6.72. The van der Waals surface area contributed by atoms with Crippen LogP contribution in [0, 0.1) is 5.82 Å². The molecule has 0 unspecified atom stereocenters. The number of ether oxygens (including phenoxy) is 1. The molecule has 3 heterocycles. The number of carbonyl (C=O) groups is 1. The van der Waals surface area contributed by atoms with Gasteiger partial charge in [0.05, 0.1) is 16.1 Å². The van der Waals surface area contributed by atoms with Gasteiger partial charge in [-0.05, 0) is 56.7 Å². The predicted molar refractivity (Wildman–Crippen MR) is 147 cm³/mol. The number of anilines is 1. The number of alkyl halides is 3. The van der Waals surface area contributed by atoms with Crippen LogP contribution < -0.4 is 10.6 Å². The maximum absolute atomic E-state index is 14.6. The number of thioether (sulfide) groups is 1. The Labute approximate surface area is 237 Å². The number of carbonyl (C=O) groups excluding carboxylic acids is 1. The maximum atomic E-state index is 14.6. The van der Waals surface area contributed by atoms with Gasteiger partial charge in [-0.25, -0.2) is 14.0 Å². The lowest BCUT2D eigenvalue weighted by Crippen LogP contribution is -2.50. The number of aromatic nitrogens is 2. The molecule has 2 aromatic carbocycles. The molecule has 1 amide bonds. The van der Waals surface area contributed by atoms with E-state index < -0.39 is 34.9 Å². The molecule has 0 radical (unpaired) electrons. The number of amides is 1. The molecule has 0 bridgehead atoms. The molecule has 214 valence electrons. The van der Waals surface area contributed by atoms with Crippen molar-refractivity contribution in [1.29, 1.82) is 0 Å². The molecule has 1 aromatic heterocycles. The van der Waals surface area contributed by atoms with Crippen molar-refractivity contribution in [3.05, 3.63) is 51.2 Å². The summed E-state index contributed by atoms with van der Waals surface area (Å²) in [6, 6.07) is 4.50. The molecule has 2 aliphatic heterocycles. The Balaban J connectivity index is 1.68. The number of nitrogens with zero attached hydrogens (tertiary/aromatic N) is 4. The molecule has 2 aliphatic rings. The Morgan fingerprint density at radius 1 is 1.07 bits per heavy atom. The van der Waals surface area contributed by atoms with E-state index >= 15 is 0 Å². The van der Waals surface area contributed by atoms with Crippen LogP contribution in [0.5, 0.6) is 0 Å². The van der Waals surface area contributed by atoms with Gasteiger partial charge in [0.1, 0.15) is 17.2 Å². The molecule has 7 nitrogen and oxygen atoms in total. The van der Waals surface area contributed by atoms with Gasteiger partial charge in [0, 0.05) is 48.6 Å². The molecule has 40 heavy (non-hydrogen) atoms. The van der Waals surface area contributed by atoms with Crippen molar-refractivity contribution < 1.29 is 27.1 Å². The molecule has 1 fully saturated rings. The van der Waals surface area contributed by atoms with E-state index in [2.05, 4.69) is 4.98 Å². The zero-order valence-corrected chi connectivity index (χ0v) is 23.6. The van der Waals surface area contributed by atoms with Crippen LogP contribution in [0.15, 0.2) is 34.0 Å². The monoisotopic (exact) mass is 598 g/mol. The Morgan fingerprint density at radius 2 is 1.77 bits per heavy atom. The minimum atomic E-state index is -4.76. The lowest BCUT2D eigenvalue weighted by Gasteiger charge is -2.36. The second-order valence-electron chi connectivity index (χ2n) is 10.7. The van der Waals surface area contributed by atoms with E-state index in [1.54, 1.807) is 25.7 Å². The van der Waals surface area contributed by atoms with E-state index in [0.717, 1.165) is 12.1 Å². The highest BCUT2D eigenvalue weighted by Gasteiger charge is 2.38. The van der Waals surface area contributed by atoms with Crippen LogP contribution >= 0.6 is 23.4 Å². The Hall–Kier alpha value is -2.99. The summed E-state index contributed by atoms with van der Waals surface area (Å²) in [6.07, 6.45) is -4.69. The summed E-state index contributed by atoms with van der Waals surface area (Å²) in [5.74, 6) is -0.131. The average molecular weight is 599 g/mol. The van der Waals surface area contributed by atoms with E-state index in [-0.39, 0.29) is 58.4 Å². The first kappa shape index (κ1) is 28.5. The largest absolute Gasteiger partial charge is 0.444 e. The smallest absolute Gasteiger partial charge is 0.417 e. The van der Waals surface area contributed by atoms with Crippen molar-refractivity contribution in [2.24, 2.45) is 0 Å². The van der Waals surface area contributed by atoms with Gasteiger partial charge in [0.2, 0.25) is 0 Å². The second kappa shape index (κ2) is 10.4. The lowest BCUT2D eigenvalue weighted by molar-refractivity contribution is -0.137. The Bertz CT molecular complexity index is 1550. The fourth-order valence-corrected chi connectivity index (χ4v) is 6.36. The Kier molecular flexibility index (Phi) is 7.45. The molecule has 0 N–H and O–H groups in total. The van der Waals surface area contributed by atoms with Crippen molar-refractivity contribution in [2.75, 3.05) is 36.8 Å². The number of halogens is 5. The molecule has 3 aromatic rings. The van der Waals surface area contributed by atoms with E-state index in [4.69, 9.17) is 16.3 Å².